The van der Waals surface area contributed by atoms with Crippen molar-refractivity contribution in [2.24, 2.45) is 0 Å². The number of furan rings is 1. The fourth-order valence-corrected chi connectivity index (χ4v) is 3.03. The lowest BCUT2D eigenvalue weighted by Gasteiger charge is -2.11. The standard InChI is InChI=1S/C19H13ClO5/c1-10-7-14(21)15-16(22)13-5-6-23-17(13)19(18(15)25-10)24-9-11-3-2-4-12(20)8-11/h2-8,22H,9H2,1H3. The highest BCUT2D eigenvalue weighted by atomic mass is 35.5. The molecule has 0 radical (unpaired) electrons. The smallest absolute Gasteiger partial charge is 0.206 e. The van der Waals surface area contributed by atoms with Crippen LogP contribution in [0.4, 0.5) is 0 Å². The number of aromatic hydroxyl groups is 1. The highest BCUT2D eigenvalue weighted by Crippen LogP contribution is 2.41. The summed E-state index contributed by atoms with van der Waals surface area (Å²) in [7, 11) is 0. The molecule has 1 N–H and O–H groups in total. The predicted octanol–water partition coefficient (Wildman–Crippen LogP) is 4.79. The minimum absolute atomic E-state index is 0.0700. The van der Waals surface area contributed by atoms with Gasteiger partial charge in [0.1, 0.15) is 23.5 Å². The van der Waals surface area contributed by atoms with Crippen molar-refractivity contribution in [1.29, 1.82) is 0 Å². The maximum absolute atomic E-state index is 12.3. The first-order valence-electron chi connectivity index (χ1n) is 7.58. The van der Waals surface area contributed by atoms with Crippen LogP contribution in [0.1, 0.15) is 11.3 Å². The molecule has 2 aromatic carbocycles. The molecule has 5 nitrogen and oxygen atoms in total. The van der Waals surface area contributed by atoms with Crippen LogP contribution < -0.4 is 10.2 Å². The molecule has 126 valence electrons. The second-order valence-electron chi connectivity index (χ2n) is 5.69. The van der Waals surface area contributed by atoms with E-state index in [9.17, 15) is 9.90 Å². The summed E-state index contributed by atoms with van der Waals surface area (Å²) in [6.07, 6.45) is 1.42. The molecule has 0 bridgehead atoms. The van der Waals surface area contributed by atoms with E-state index in [-0.39, 0.29) is 34.5 Å². The average molecular weight is 357 g/mol. The van der Waals surface area contributed by atoms with E-state index < -0.39 is 0 Å². The maximum Gasteiger partial charge on any atom is 0.206 e. The third-order valence-corrected chi connectivity index (χ3v) is 4.15. The van der Waals surface area contributed by atoms with Gasteiger partial charge in [0.05, 0.1) is 11.6 Å². The van der Waals surface area contributed by atoms with Crippen LogP contribution in [0.5, 0.6) is 11.5 Å². The average Bonchev–Trinajstić information content (AvgIpc) is 3.04. The van der Waals surface area contributed by atoms with E-state index in [4.69, 9.17) is 25.2 Å². The number of rotatable bonds is 3. The Morgan fingerprint density at radius 3 is 2.84 bits per heavy atom. The molecular weight excluding hydrogens is 344 g/mol. The van der Waals surface area contributed by atoms with Crippen molar-refractivity contribution in [3.63, 3.8) is 0 Å². The van der Waals surface area contributed by atoms with Gasteiger partial charge in [-0.1, -0.05) is 23.7 Å². The van der Waals surface area contributed by atoms with Crippen LogP contribution in [0.25, 0.3) is 21.9 Å². The Kier molecular flexibility index (Phi) is 3.66. The van der Waals surface area contributed by atoms with E-state index in [2.05, 4.69) is 0 Å². The molecule has 0 aliphatic heterocycles. The van der Waals surface area contributed by atoms with Crippen molar-refractivity contribution in [2.45, 2.75) is 13.5 Å². The van der Waals surface area contributed by atoms with Crippen molar-refractivity contribution >= 4 is 33.5 Å². The van der Waals surface area contributed by atoms with Crippen molar-refractivity contribution in [3.05, 3.63) is 69.2 Å². The van der Waals surface area contributed by atoms with Crippen molar-refractivity contribution in [2.75, 3.05) is 0 Å². The molecule has 2 aromatic heterocycles. The number of halogens is 1. The minimum Gasteiger partial charge on any atom is -0.506 e. The molecule has 0 saturated carbocycles. The summed E-state index contributed by atoms with van der Waals surface area (Å²) in [6, 6.07) is 10.2. The van der Waals surface area contributed by atoms with Crippen molar-refractivity contribution in [3.8, 4) is 11.5 Å². The van der Waals surface area contributed by atoms with Gasteiger partial charge in [-0.15, -0.1) is 0 Å². The van der Waals surface area contributed by atoms with Gasteiger partial charge in [-0.3, -0.25) is 4.79 Å². The summed E-state index contributed by atoms with van der Waals surface area (Å²) in [5.74, 6) is 0.506. The summed E-state index contributed by atoms with van der Waals surface area (Å²) in [6.45, 7) is 1.86. The van der Waals surface area contributed by atoms with E-state index >= 15 is 0 Å². The molecule has 0 aliphatic carbocycles. The first-order chi connectivity index (χ1) is 12.0. The van der Waals surface area contributed by atoms with E-state index in [1.54, 1.807) is 25.1 Å². The number of hydrogen-bond acceptors (Lipinski definition) is 5. The van der Waals surface area contributed by atoms with Crippen LogP contribution in [0, 0.1) is 6.92 Å². The number of fused-ring (bicyclic) bond motifs is 2. The van der Waals surface area contributed by atoms with E-state index in [1.807, 2.05) is 12.1 Å². The zero-order chi connectivity index (χ0) is 17.6. The molecule has 0 aliphatic rings. The SMILES string of the molecule is Cc1cc(=O)c2c(O)c3ccoc3c(OCc3cccc(Cl)c3)c2o1. The highest BCUT2D eigenvalue weighted by molar-refractivity contribution is 6.30. The van der Waals surface area contributed by atoms with Gasteiger partial charge in [0, 0.05) is 11.1 Å². The largest absolute Gasteiger partial charge is 0.506 e. The van der Waals surface area contributed by atoms with Gasteiger partial charge >= 0.3 is 0 Å². The second-order valence-corrected chi connectivity index (χ2v) is 6.12. The van der Waals surface area contributed by atoms with Crippen molar-refractivity contribution in [1.82, 2.24) is 0 Å². The molecule has 0 spiro atoms. The molecule has 4 rings (SSSR count). The Balaban J connectivity index is 1.92. The topological polar surface area (TPSA) is 72.8 Å². The van der Waals surface area contributed by atoms with Gasteiger partial charge in [0.2, 0.25) is 5.75 Å². The molecular formula is C19H13ClO5. The summed E-state index contributed by atoms with van der Waals surface area (Å²) in [5, 5.41) is 11.5. The van der Waals surface area contributed by atoms with E-state index in [0.717, 1.165) is 5.56 Å². The maximum atomic E-state index is 12.3. The van der Waals surface area contributed by atoms with Crippen LogP contribution in [-0.2, 0) is 6.61 Å². The number of phenols is 1. The fraction of sp³-hybridized carbons (Fsp3) is 0.105. The molecule has 6 heteroatoms. The summed E-state index contributed by atoms with van der Waals surface area (Å²) in [4.78, 5) is 12.3. The minimum atomic E-state index is -0.341. The summed E-state index contributed by atoms with van der Waals surface area (Å²) >= 11 is 5.99. The third kappa shape index (κ3) is 2.62. The molecule has 0 amide bonds. The van der Waals surface area contributed by atoms with Gasteiger partial charge in [-0.2, -0.15) is 0 Å². The Morgan fingerprint density at radius 1 is 1.20 bits per heavy atom. The van der Waals surface area contributed by atoms with Crippen LogP contribution in [0.3, 0.4) is 0 Å². The highest BCUT2D eigenvalue weighted by Gasteiger charge is 2.22. The third-order valence-electron chi connectivity index (χ3n) is 3.91. The molecule has 4 aromatic rings. The number of benzene rings is 2. The Bertz CT molecular complexity index is 1160. The zero-order valence-corrected chi connectivity index (χ0v) is 14.0. The molecule has 25 heavy (non-hydrogen) atoms. The number of ether oxygens (including phenoxy) is 1. The second kappa shape index (κ2) is 5.86. The van der Waals surface area contributed by atoms with Gasteiger partial charge in [-0.05, 0) is 30.7 Å². The summed E-state index contributed by atoms with van der Waals surface area (Å²) < 4.78 is 17.0. The Hall–Kier alpha value is -2.92. The lowest BCUT2D eigenvalue weighted by atomic mass is 10.1. The summed E-state index contributed by atoms with van der Waals surface area (Å²) in [5.41, 5.74) is 0.989. The molecule has 0 unspecified atom stereocenters. The van der Waals surface area contributed by atoms with Crippen molar-refractivity contribution < 1.29 is 18.7 Å². The van der Waals surface area contributed by atoms with Gasteiger partial charge < -0.3 is 18.7 Å². The monoisotopic (exact) mass is 356 g/mol. The van der Waals surface area contributed by atoms with Crippen LogP contribution in [-0.4, -0.2) is 5.11 Å². The van der Waals surface area contributed by atoms with E-state index in [0.29, 0.717) is 21.8 Å². The number of aryl methyl sites for hydroxylation is 1. The van der Waals surface area contributed by atoms with Gasteiger partial charge in [-0.25, -0.2) is 0 Å². The van der Waals surface area contributed by atoms with Crippen LogP contribution in [0.2, 0.25) is 5.02 Å². The Morgan fingerprint density at radius 2 is 2.04 bits per heavy atom. The lowest BCUT2D eigenvalue weighted by Crippen LogP contribution is -2.03. The molecule has 0 fully saturated rings. The molecule has 0 atom stereocenters. The fourth-order valence-electron chi connectivity index (χ4n) is 2.82. The van der Waals surface area contributed by atoms with Crippen LogP contribution in [0.15, 0.2) is 56.3 Å². The lowest BCUT2D eigenvalue weighted by molar-refractivity contribution is 0.303. The van der Waals surface area contributed by atoms with Gasteiger partial charge in [0.15, 0.2) is 16.6 Å². The predicted molar refractivity (Wildman–Crippen MR) is 94.4 cm³/mol. The quantitative estimate of drug-likeness (QED) is 0.571. The number of hydrogen-bond donors (Lipinski definition) is 1. The van der Waals surface area contributed by atoms with E-state index in [1.165, 1.54) is 12.3 Å². The first kappa shape index (κ1) is 15.6. The first-order valence-corrected chi connectivity index (χ1v) is 7.96. The molecule has 2 heterocycles. The molecule has 0 saturated heterocycles. The Labute approximate surface area is 147 Å². The zero-order valence-electron chi connectivity index (χ0n) is 13.2. The van der Waals surface area contributed by atoms with Crippen LogP contribution >= 0.6 is 11.6 Å². The van der Waals surface area contributed by atoms with Gasteiger partial charge in [0.25, 0.3) is 0 Å². The normalized spacial score (nSPS) is 11.3. The number of phenolic OH excluding ortho intramolecular Hbond substituents is 1.